The summed E-state index contributed by atoms with van der Waals surface area (Å²) in [5, 5.41) is 11.8. The van der Waals surface area contributed by atoms with E-state index in [9.17, 15) is 9.59 Å². The van der Waals surface area contributed by atoms with Gasteiger partial charge in [0, 0.05) is 23.7 Å². The van der Waals surface area contributed by atoms with Crippen LogP contribution in [0.4, 0.5) is 0 Å². The van der Waals surface area contributed by atoms with Gasteiger partial charge in [-0.15, -0.1) is 0 Å². The van der Waals surface area contributed by atoms with Crippen LogP contribution in [-0.4, -0.2) is 48.1 Å². The van der Waals surface area contributed by atoms with Crippen LogP contribution < -0.4 is 5.32 Å². The number of carbonyl (C=O) groups is 2. The van der Waals surface area contributed by atoms with Gasteiger partial charge in [0.15, 0.2) is 0 Å². The van der Waals surface area contributed by atoms with E-state index in [1.54, 1.807) is 6.92 Å². The van der Waals surface area contributed by atoms with E-state index in [0.29, 0.717) is 5.92 Å². The summed E-state index contributed by atoms with van der Waals surface area (Å²) in [6.45, 7) is 7.01. The van der Waals surface area contributed by atoms with Gasteiger partial charge in [-0.3, -0.25) is 4.79 Å². The highest BCUT2D eigenvalue weighted by Gasteiger charge is 2.26. The number of hydrogen-bond acceptors (Lipinski definition) is 3. The van der Waals surface area contributed by atoms with Crippen molar-refractivity contribution >= 4 is 11.9 Å². The third kappa shape index (κ3) is 3.57. The van der Waals surface area contributed by atoms with Crippen LogP contribution in [0.2, 0.25) is 0 Å². The highest BCUT2D eigenvalue weighted by molar-refractivity contribution is 6.01. The lowest BCUT2D eigenvalue weighted by atomic mass is 9.94. The van der Waals surface area contributed by atoms with Gasteiger partial charge in [-0.25, -0.2) is 4.79 Å². The highest BCUT2D eigenvalue weighted by atomic mass is 16.4. The molecule has 1 fully saturated rings. The Hall–Kier alpha value is -1.36. The lowest BCUT2D eigenvalue weighted by molar-refractivity contribution is -0.133. The first-order chi connectivity index (χ1) is 8.32. The zero-order valence-corrected chi connectivity index (χ0v) is 11.5. The number of hydrogen-bond donors (Lipinski definition) is 2. The fourth-order valence-electron chi connectivity index (χ4n) is 2.18. The molecular weight excluding hydrogens is 232 g/mol. The van der Waals surface area contributed by atoms with Crippen molar-refractivity contribution in [1.29, 1.82) is 0 Å². The van der Waals surface area contributed by atoms with Crippen molar-refractivity contribution in [3.63, 3.8) is 0 Å². The molecule has 5 nitrogen and oxygen atoms in total. The van der Waals surface area contributed by atoms with E-state index in [1.165, 1.54) is 6.92 Å². The van der Waals surface area contributed by atoms with Crippen molar-refractivity contribution in [2.75, 3.05) is 20.1 Å². The van der Waals surface area contributed by atoms with Gasteiger partial charge in [0.25, 0.3) is 0 Å². The van der Waals surface area contributed by atoms with E-state index >= 15 is 0 Å². The SMILES string of the molecule is CC(C(=O)O)=C(C)C(=O)NC1CCN(C)CC1C. The Labute approximate surface area is 108 Å². The fourth-order valence-corrected chi connectivity index (χ4v) is 2.18. The Morgan fingerprint density at radius 3 is 2.39 bits per heavy atom. The molecule has 2 N–H and O–H groups in total. The Bertz CT molecular complexity index is 376. The highest BCUT2D eigenvalue weighted by Crippen LogP contribution is 2.16. The lowest BCUT2D eigenvalue weighted by Gasteiger charge is -2.35. The van der Waals surface area contributed by atoms with Crippen LogP contribution in [0.15, 0.2) is 11.1 Å². The zero-order valence-electron chi connectivity index (χ0n) is 11.5. The predicted octanol–water partition coefficient (Wildman–Crippen LogP) is 0.864. The fraction of sp³-hybridized carbons (Fsp3) is 0.692. The Morgan fingerprint density at radius 2 is 1.89 bits per heavy atom. The second-order valence-electron chi connectivity index (χ2n) is 5.16. The van der Waals surface area contributed by atoms with Crippen LogP contribution in [0.1, 0.15) is 27.2 Å². The molecule has 1 saturated heterocycles. The molecule has 1 amide bonds. The molecule has 102 valence electrons. The van der Waals surface area contributed by atoms with Gasteiger partial charge in [-0.05, 0) is 39.8 Å². The van der Waals surface area contributed by atoms with Crippen molar-refractivity contribution in [2.24, 2.45) is 5.92 Å². The smallest absolute Gasteiger partial charge is 0.331 e. The first-order valence-electron chi connectivity index (χ1n) is 6.23. The van der Waals surface area contributed by atoms with Crippen molar-refractivity contribution in [3.05, 3.63) is 11.1 Å². The van der Waals surface area contributed by atoms with E-state index in [4.69, 9.17) is 5.11 Å². The molecule has 1 rings (SSSR count). The van der Waals surface area contributed by atoms with E-state index in [0.717, 1.165) is 19.5 Å². The van der Waals surface area contributed by atoms with Gasteiger partial charge in [0.2, 0.25) is 5.91 Å². The Morgan fingerprint density at radius 1 is 1.28 bits per heavy atom. The van der Waals surface area contributed by atoms with Crippen LogP contribution in [0.3, 0.4) is 0 Å². The number of carboxylic acids is 1. The summed E-state index contributed by atoms with van der Waals surface area (Å²) in [4.78, 5) is 25.0. The van der Waals surface area contributed by atoms with Crippen molar-refractivity contribution in [3.8, 4) is 0 Å². The van der Waals surface area contributed by atoms with Crippen LogP contribution in [0.5, 0.6) is 0 Å². The molecule has 0 bridgehead atoms. The predicted molar refractivity (Wildman–Crippen MR) is 69.2 cm³/mol. The number of carboxylic acid groups (broad SMARTS) is 1. The average molecular weight is 254 g/mol. The van der Waals surface area contributed by atoms with Crippen LogP contribution in [-0.2, 0) is 9.59 Å². The second kappa shape index (κ2) is 6.00. The molecule has 0 radical (unpaired) electrons. The largest absolute Gasteiger partial charge is 0.478 e. The summed E-state index contributed by atoms with van der Waals surface area (Å²) in [5.74, 6) is -0.930. The van der Waals surface area contributed by atoms with Crippen molar-refractivity contribution < 1.29 is 14.7 Å². The molecule has 18 heavy (non-hydrogen) atoms. The minimum Gasteiger partial charge on any atom is -0.478 e. The first kappa shape index (κ1) is 14.7. The molecule has 1 aliphatic heterocycles. The molecule has 0 aromatic carbocycles. The molecule has 0 spiro atoms. The molecule has 5 heteroatoms. The lowest BCUT2D eigenvalue weighted by Crippen LogP contribution is -2.49. The van der Waals surface area contributed by atoms with Gasteiger partial charge in [-0.2, -0.15) is 0 Å². The Kier molecular flexibility index (Phi) is 4.90. The van der Waals surface area contributed by atoms with E-state index in [2.05, 4.69) is 24.2 Å². The third-order valence-corrected chi connectivity index (χ3v) is 3.65. The summed E-state index contributed by atoms with van der Waals surface area (Å²) in [6, 6.07) is 0.130. The molecule has 0 saturated carbocycles. The summed E-state index contributed by atoms with van der Waals surface area (Å²) in [6.07, 6.45) is 0.906. The molecule has 2 atom stereocenters. The topological polar surface area (TPSA) is 69.6 Å². The maximum Gasteiger partial charge on any atom is 0.331 e. The molecule has 0 aliphatic carbocycles. The van der Waals surface area contributed by atoms with E-state index in [1.807, 2.05) is 0 Å². The zero-order chi connectivity index (χ0) is 13.9. The monoisotopic (exact) mass is 254 g/mol. The van der Waals surface area contributed by atoms with Gasteiger partial charge in [-0.1, -0.05) is 6.92 Å². The summed E-state index contributed by atoms with van der Waals surface area (Å²) in [7, 11) is 2.06. The number of carbonyl (C=O) groups excluding carboxylic acids is 1. The van der Waals surface area contributed by atoms with Crippen LogP contribution in [0.25, 0.3) is 0 Å². The maximum atomic E-state index is 11.9. The quantitative estimate of drug-likeness (QED) is 0.733. The van der Waals surface area contributed by atoms with Crippen molar-refractivity contribution in [1.82, 2.24) is 10.2 Å². The third-order valence-electron chi connectivity index (χ3n) is 3.65. The minimum atomic E-state index is -1.04. The van der Waals surface area contributed by atoms with Gasteiger partial charge < -0.3 is 15.3 Å². The number of likely N-dealkylation sites (tertiary alicyclic amines) is 1. The van der Waals surface area contributed by atoms with E-state index in [-0.39, 0.29) is 23.1 Å². The van der Waals surface area contributed by atoms with Crippen LogP contribution in [0, 0.1) is 5.92 Å². The minimum absolute atomic E-state index is 0.105. The summed E-state index contributed by atoms with van der Waals surface area (Å²) in [5.41, 5.74) is 0.390. The molecular formula is C13H22N2O3. The molecule has 0 aromatic rings. The first-order valence-corrected chi connectivity index (χ1v) is 6.23. The van der Waals surface area contributed by atoms with Crippen LogP contribution >= 0.6 is 0 Å². The van der Waals surface area contributed by atoms with Crippen molar-refractivity contribution in [2.45, 2.75) is 33.2 Å². The van der Waals surface area contributed by atoms with Gasteiger partial charge >= 0.3 is 5.97 Å². The Balaban J connectivity index is 2.65. The molecule has 0 aromatic heterocycles. The normalized spacial score (nSPS) is 26.4. The number of amides is 1. The molecule has 1 aliphatic rings. The average Bonchev–Trinajstić information content (AvgIpc) is 2.30. The number of aliphatic carboxylic acids is 1. The second-order valence-corrected chi connectivity index (χ2v) is 5.16. The number of nitrogens with one attached hydrogen (secondary N) is 1. The van der Waals surface area contributed by atoms with E-state index < -0.39 is 5.97 Å². The molecule has 1 heterocycles. The van der Waals surface area contributed by atoms with Gasteiger partial charge in [0.05, 0.1) is 0 Å². The molecule has 2 unspecified atom stereocenters. The van der Waals surface area contributed by atoms with Gasteiger partial charge in [0.1, 0.15) is 0 Å². The summed E-state index contributed by atoms with van der Waals surface area (Å²) < 4.78 is 0. The number of nitrogens with zero attached hydrogens (tertiary/aromatic N) is 1. The number of piperidine rings is 1. The summed E-state index contributed by atoms with van der Waals surface area (Å²) >= 11 is 0. The standard InChI is InChI=1S/C13H22N2O3/c1-8-7-15(4)6-5-11(8)14-12(16)9(2)10(3)13(17)18/h8,11H,5-7H2,1-4H3,(H,14,16)(H,17,18). The maximum absolute atomic E-state index is 11.9. The number of rotatable bonds is 3.